The van der Waals surface area contributed by atoms with Crippen molar-refractivity contribution in [2.45, 2.75) is 24.7 Å². The third-order valence-corrected chi connectivity index (χ3v) is 5.48. The molecule has 0 atom stereocenters. The van der Waals surface area contributed by atoms with Crippen LogP contribution in [0.2, 0.25) is 0 Å². The van der Waals surface area contributed by atoms with Crippen molar-refractivity contribution in [2.75, 3.05) is 19.7 Å². The molecule has 0 radical (unpaired) electrons. The zero-order valence-electron chi connectivity index (χ0n) is 14.3. The number of ether oxygens (including phenoxy) is 1. The molecule has 1 fully saturated rings. The highest BCUT2D eigenvalue weighted by atomic mass is 32.2. The predicted octanol–water partition coefficient (Wildman–Crippen LogP) is 2.06. The number of likely N-dealkylation sites (tertiary alicyclic amines) is 1. The summed E-state index contributed by atoms with van der Waals surface area (Å²) in [7, 11) is 0. The molecule has 138 valence electrons. The van der Waals surface area contributed by atoms with Crippen molar-refractivity contribution >= 4 is 29.5 Å². The number of hydrogen-bond acceptors (Lipinski definition) is 6. The summed E-state index contributed by atoms with van der Waals surface area (Å²) in [5.74, 6) is -1.88. The smallest absolute Gasteiger partial charge is 0.309 e. The van der Waals surface area contributed by atoms with E-state index in [1.165, 1.54) is 6.07 Å². The van der Waals surface area contributed by atoms with E-state index < -0.39 is 17.6 Å². The summed E-state index contributed by atoms with van der Waals surface area (Å²) in [6, 6.07) is 6.11. The van der Waals surface area contributed by atoms with Gasteiger partial charge in [0.2, 0.25) is 0 Å². The van der Waals surface area contributed by atoms with Crippen LogP contribution in [0.4, 0.5) is 4.39 Å². The number of amides is 2. The fourth-order valence-electron chi connectivity index (χ4n) is 3.05. The van der Waals surface area contributed by atoms with Gasteiger partial charge in [-0.3, -0.25) is 19.7 Å². The van der Waals surface area contributed by atoms with Crippen LogP contribution in [-0.4, -0.2) is 42.4 Å². The molecule has 1 saturated heterocycles. The Morgan fingerprint density at radius 3 is 2.62 bits per heavy atom. The fraction of sp³-hybridized carbons (Fsp3) is 0.389. The maximum Gasteiger partial charge on any atom is 0.309 e. The summed E-state index contributed by atoms with van der Waals surface area (Å²) in [6.45, 7) is 3.02. The van der Waals surface area contributed by atoms with Gasteiger partial charge in [-0.15, -0.1) is 0 Å². The molecular formula is C18H19FN2O4S. The molecule has 8 heteroatoms. The third kappa shape index (κ3) is 3.75. The summed E-state index contributed by atoms with van der Waals surface area (Å²) in [4.78, 5) is 38.6. The van der Waals surface area contributed by atoms with E-state index in [9.17, 15) is 18.8 Å². The number of carbonyl (C=O) groups is 3. The van der Waals surface area contributed by atoms with Gasteiger partial charge in [-0.05, 0) is 31.9 Å². The molecule has 1 aromatic rings. The van der Waals surface area contributed by atoms with Gasteiger partial charge < -0.3 is 9.64 Å². The number of piperidine rings is 1. The van der Waals surface area contributed by atoms with E-state index in [0.717, 1.165) is 11.8 Å². The average molecular weight is 378 g/mol. The molecular weight excluding hydrogens is 359 g/mol. The number of benzene rings is 1. The van der Waals surface area contributed by atoms with Crippen LogP contribution in [-0.2, 0) is 19.1 Å². The second-order valence-electron chi connectivity index (χ2n) is 6.01. The Morgan fingerprint density at radius 1 is 1.27 bits per heavy atom. The predicted molar refractivity (Wildman–Crippen MR) is 93.4 cm³/mol. The number of rotatable bonds is 5. The Bertz CT molecular complexity index is 772. The summed E-state index contributed by atoms with van der Waals surface area (Å²) in [6.07, 6.45) is 1.09. The van der Waals surface area contributed by atoms with Crippen molar-refractivity contribution in [1.29, 1.82) is 0 Å². The minimum atomic E-state index is -0.522. The first-order valence-electron chi connectivity index (χ1n) is 8.45. The lowest BCUT2D eigenvalue weighted by Crippen LogP contribution is -2.39. The maximum absolute atomic E-state index is 13.9. The first kappa shape index (κ1) is 18.4. The lowest BCUT2D eigenvalue weighted by atomic mass is 9.96. The summed E-state index contributed by atoms with van der Waals surface area (Å²) in [5, 5.41) is 2.28. The normalized spacial score (nSPS) is 18.3. The Morgan fingerprint density at radius 2 is 1.96 bits per heavy atom. The van der Waals surface area contributed by atoms with Crippen LogP contribution in [0.25, 0.3) is 0 Å². The Hall–Kier alpha value is -2.35. The van der Waals surface area contributed by atoms with Crippen LogP contribution in [0.5, 0.6) is 0 Å². The first-order chi connectivity index (χ1) is 12.5. The molecule has 26 heavy (non-hydrogen) atoms. The van der Waals surface area contributed by atoms with E-state index in [4.69, 9.17) is 4.74 Å². The summed E-state index contributed by atoms with van der Waals surface area (Å²) in [5.41, 5.74) is 0.255. The Balaban J connectivity index is 1.78. The van der Waals surface area contributed by atoms with Gasteiger partial charge in [-0.25, -0.2) is 4.39 Å². The van der Waals surface area contributed by atoms with Crippen molar-refractivity contribution in [1.82, 2.24) is 10.2 Å². The van der Waals surface area contributed by atoms with Gasteiger partial charge in [0.25, 0.3) is 11.8 Å². The monoisotopic (exact) mass is 378 g/mol. The number of thioether (sulfide) groups is 1. The second-order valence-corrected chi connectivity index (χ2v) is 7.06. The highest BCUT2D eigenvalue weighted by Crippen LogP contribution is 2.36. The number of hydrogen-bond donors (Lipinski definition) is 1. The summed E-state index contributed by atoms with van der Waals surface area (Å²) >= 11 is 0.945. The SMILES string of the molecule is CCOC(=O)C1CCN(C2=C(Sc3ccccc3F)C(=O)NC2=O)CC1. The van der Waals surface area contributed by atoms with E-state index >= 15 is 0 Å². The average Bonchev–Trinajstić information content (AvgIpc) is 2.91. The van der Waals surface area contributed by atoms with Gasteiger partial charge in [0, 0.05) is 18.0 Å². The molecule has 0 unspecified atom stereocenters. The van der Waals surface area contributed by atoms with Crippen LogP contribution in [0.1, 0.15) is 19.8 Å². The van der Waals surface area contributed by atoms with Crippen molar-refractivity contribution in [3.8, 4) is 0 Å². The molecule has 0 bridgehead atoms. The maximum atomic E-state index is 13.9. The van der Waals surface area contributed by atoms with Gasteiger partial charge in [-0.2, -0.15) is 0 Å². The minimum absolute atomic E-state index is 0.190. The molecule has 1 aromatic carbocycles. The molecule has 0 saturated carbocycles. The summed E-state index contributed by atoms with van der Waals surface area (Å²) < 4.78 is 19.0. The Kier molecular flexibility index (Phi) is 5.61. The number of carbonyl (C=O) groups excluding carboxylic acids is 3. The zero-order chi connectivity index (χ0) is 18.7. The number of esters is 1. The molecule has 0 aliphatic carbocycles. The van der Waals surface area contributed by atoms with E-state index in [1.807, 2.05) is 0 Å². The van der Waals surface area contributed by atoms with E-state index in [-0.39, 0.29) is 27.4 Å². The largest absolute Gasteiger partial charge is 0.466 e. The molecule has 2 aliphatic rings. The first-order valence-corrected chi connectivity index (χ1v) is 9.26. The van der Waals surface area contributed by atoms with Gasteiger partial charge in [0.1, 0.15) is 16.4 Å². The number of nitrogens with one attached hydrogen (secondary N) is 1. The van der Waals surface area contributed by atoms with Crippen LogP contribution >= 0.6 is 11.8 Å². The Labute approximate surface area is 154 Å². The molecule has 1 N–H and O–H groups in total. The number of imide groups is 1. The molecule has 2 aliphatic heterocycles. The van der Waals surface area contributed by atoms with Crippen LogP contribution < -0.4 is 5.32 Å². The van der Waals surface area contributed by atoms with Crippen molar-refractivity contribution in [2.24, 2.45) is 5.92 Å². The van der Waals surface area contributed by atoms with Gasteiger partial charge in [0.15, 0.2) is 0 Å². The van der Waals surface area contributed by atoms with Crippen LogP contribution in [0.3, 0.4) is 0 Å². The molecule has 3 rings (SSSR count). The van der Waals surface area contributed by atoms with Crippen molar-refractivity contribution < 1.29 is 23.5 Å². The lowest BCUT2D eigenvalue weighted by Gasteiger charge is -2.32. The van der Waals surface area contributed by atoms with E-state index in [1.54, 1.807) is 30.0 Å². The molecule has 2 amide bonds. The van der Waals surface area contributed by atoms with Gasteiger partial charge in [-0.1, -0.05) is 23.9 Å². The van der Waals surface area contributed by atoms with Crippen LogP contribution in [0.15, 0.2) is 39.8 Å². The van der Waals surface area contributed by atoms with Crippen LogP contribution in [0, 0.1) is 11.7 Å². The fourth-order valence-corrected chi connectivity index (χ4v) is 4.04. The van der Waals surface area contributed by atoms with Gasteiger partial charge >= 0.3 is 5.97 Å². The quantitative estimate of drug-likeness (QED) is 0.624. The van der Waals surface area contributed by atoms with Crippen molar-refractivity contribution in [3.63, 3.8) is 0 Å². The van der Waals surface area contributed by atoms with E-state index in [2.05, 4.69) is 5.32 Å². The van der Waals surface area contributed by atoms with Crippen molar-refractivity contribution in [3.05, 3.63) is 40.7 Å². The number of halogens is 1. The van der Waals surface area contributed by atoms with Gasteiger partial charge in [0.05, 0.1) is 12.5 Å². The highest BCUT2D eigenvalue weighted by Gasteiger charge is 2.37. The minimum Gasteiger partial charge on any atom is -0.466 e. The molecule has 0 spiro atoms. The molecule has 2 heterocycles. The standard InChI is InChI=1S/C18H19FN2O4S/c1-2-25-18(24)11-7-9-21(10-8-11)14-15(17(23)20-16(14)22)26-13-6-4-3-5-12(13)19/h3-6,11H,2,7-10H2,1H3,(H,20,22,23). The van der Waals surface area contributed by atoms with E-state index in [0.29, 0.717) is 32.5 Å². The topological polar surface area (TPSA) is 75.7 Å². The molecule has 6 nitrogen and oxygen atoms in total. The third-order valence-electron chi connectivity index (χ3n) is 4.34. The zero-order valence-corrected chi connectivity index (χ0v) is 15.1. The molecule has 0 aromatic heterocycles. The number of nitrogens with zero attached hydrogens (tertiary/aromatic N) is 1. The second kappa shape index (κ2) is 7.90. The lowest BCUT2D eigenvalue weighted by molar-refractivity contribution is -0.149. The highest BCUT2D eigenvalue weighted by molar-refractivity contribution is 8.04.